The van der Waals surface area contributed by atoms with E-state index in [1.165, 1.54) is 24.5 Å². The Morgan fingerprint density at radius 2 is 1.70 bits per heavy atom. The number of aromatic nitrogens is 3. The molecule has 0 radical (unpaired) electrons. The van der Waals surface area contributed by atoms with Crippen LogP contribution in [0.5, 0.6) is 11.5 Å². The molecule has 0 atom stereocenters. The number of aryl methyl sites for hydroxylation is 1. The van der Waals surface area contributed by atoms with E-state index in [1.54, 1.807) is 18.5 Å². The summed E-state index contributed by atoms with van der Waals surface area (Å²) in [5, 5.41) is 1.97. The Morgan fingerprint density at radius 3 is 2.53 bits per heavy atom. The van der Waals surface area contributed by atoms with Crippen LogP contribution in [0.4, 0.5) is 8.78 Å². The van der Waals surface area contributed by atoms with Gasteiger partial charge < -0.3 is 4.74 Å². The molecule has 0 N–H and O–H groups in total. The van der Waals surface area contributed by atoms with E-state index in [1.807, 2.05) is 35.9 Å². The summed E-state index contributed by atoms with van der Waals surface area (Å²) in [5.74, 6) is 0.487. The second kappa shape index (κ2) is 6.03. The first-order valence-electron chi connectivity index (χ1n) is 9.43. The lowest BCUT2D eigenvalue weighted by Gasteiger charge is -2.20. The van der Waals surface area contributed by atoms with E-state index in [2.05, 4.69) is 9.97 Å². The molecule has 3 heterocycles. The van der Waals surface area contributed by atoms with Crippen molar-refractivity contribution >= 4 is 21.7 Å². The zero-order chi connectivity index (χ0) is 20.4. The Kier molecular flexibility index (Phi) is 3.41. The van der Waals surface area contributed by atoms with E-state index in [4.69, 9.17) is 4.74 Å². The van der Waals surface area contributed by atoms with Crippen LogP contribution in [-0.2, 0) is 7.05 Å². The number of pyridine rings is 1. The van der Waals surface area contributed by atoms with Crippen LogP contribution in [0.3, 0.4) is 0 Å². The minimum atomic E-state index is -0.355. The molecule has 3 aromatic carbocycles. The molecule has 0 saturated heterocycles. The van der Waals surface area contributed by atoms with E-state index in [0.717, 1.165) is 22.0 Å². The van der Waals surface area contributed by atoms with Gasteiger partial charge in [0.15, 0.2) is 0 Å². The summed E-state index contributed by atoms with van der Waals surface area (Å²) in [6.07, 6.45) is 4.73. The quantitative estimate of drug-likeness (QED) is 0.278. The van der Waals surface area contributed by atoms with E-state index in [9.17, 15) is 4.39 Å². The molecular formula is C24H14F2N3O+. The fraction of sp³-hybridized carbons (Fsp3) is 0.0417. The van der Waals surface area contributed by atoms with Crippen LogP contribution in [0, 0.1) is 11.6 Å². The minimum Gasteiger partial charge on any atom is -0.456 e. The summed E-state index contributed by atoms with van der Waals surface area (Å²) in [4.78, 5) is 8.08. The topological polar surface area (TPSA) is 38.9 Å². The summed E-state index contributed by atoms with van der Waals surface area (Å²) in [5.41, 5.74) is 3.50. The molecule has 1 aliphatic rings. The van der Waals surface area contributed by atoms with Gasteiger partial charge in [0.1, 0.15) is 36.5 Å². The fourth-order valence-corrected chi connectivity index (χ4v) is 4.31. The van der Waals surface area contributed by atoms with Crippen LogP contribution >= 0.6 is 0 Å². The molecular weight excluding hydrogens is 384 g/mol. The van der Waals surface area contributed by atoms with Crippen LogP contribution in [0.25, 0.3) is 44.1 Å². The number of hydrogen-bond donors (Lipinski definition) is 0. The highest BCUT2D eigenvalue weighted by Gasteiger charge is 2.31. The number of hydrogen-bond acceptors (Lipinski definition) is 3. The molecule has 144 valence electrons. The van der Waals surface area contributed by atoms with E-state index < -0.39 is 0 Å². The molecule has 6 rings (SSSR count). The number of ether oxygens (including phenoxy) is 1. The van der Waals surface area contributed by atoms with E-state index in [0.29, 0.717) is 33.5 Å². The van der Waals surface area contributed by atoms with Crippen molar-refractivity contribution in [3.63, 3.8) is 0 Å². The molecule has 5 aromatic rings. The molecule has 6 heteroatoms. The van der Waals surface area contributed by atoms with Gasteiger partial charge in [-0.2, -0.15) is 4.57 Å². The molecule has 0 amide bonds. The van der Waals surface area contributed by atoms with E-state index in [-0.39, 0.29) is 11.6 Å². The molecule has 0 fully saturated rings. The maximum absolute atomic E-state index is 15.4. The molecule has 0 spiro atoms. The minimum absolute atomic E-state index is 0.351. The molecule has 0 bridgehead atoms. The molecule has 1 aliphatic heterocycles. The lowest BCUT2D eigenvalue weighted by molar-refractivity contribution is -0.632. The smallest absolute Gasteiger partial charge is 0.228 e. The zero-order valence-corrected chi connectivity index (χ0v) is 15.9. The highest BCUT2D eigenvalue weighted by molar-refractivity contribution is 6.13. The summed E-state index contributed by atoms with van der Waals surface area (Å²) in [6.45, 7) is 0. The van der Waals surface area contributed by atoms with Crippen molar-refractivity contribution in [1.29, 1.82) is 0 Å². The van der Waals surface area contributed by atoms with Crippen molar-refractivity contribution in [2.45, 2.75) is 0 Å². The van der Waals surface area contributed by atoms with Gasteiger partial charge in [0, 0.05) is 29.4 Å². The molecule has 0 saturated carbocycles. The predicted octanol–water partition coefficient (Wildman–Crippen LogP) is 5.33. The maximum atomic E-state index is 15.4. The van der Waals surface area contributed by atoms with Crippen LogP contribution in [0.2, 0.25) is 0 Å². The van der Waals surface area contributed by atoms with Crippen molar-refractivity contribution in [1.82, 2.24) is 9.97 Å². The Hall–Kier alpha value is -3.93. The van der Waals surface area contributed by atoms with Gasteiger partial charge in [0.25, 0.3) is 0 Å². The third-order valence-corrected chi connectivity index (χ3v) is 5.61. The Balaban J connectivity index is 1.80. The van der Waals surface area contributed by atoms with Gasteiger partial charge in [-0.3, -0.25) is 0 Å². The normalized spacial score (nSPS) is 12.1. The predicted molar refractivity (Wildman–Crippen MR) is 109 cm³/mol. The number of fused-ring (bicyclic) bond motifs is 4. The summed E-state index contributed by atoms with van der Waals surface area (Å²) < 4.78 is 37.5. The first-order valence-corrected chi connectivity index (χ1v) is 9.43. The number of nitrogens with zero attached hydrogens (tertiary/aromatic N) is 3. The van der Waals surface area contributed by atoms with Crippen molar-refractivity contribution in [2.75, 3.05) is 0 Å². The molecule has 30 heavy (non-hydrogen) atoms. The lowest BCUT2D eigenvalue weighted by Crippen LogP contribution is -2.33. The number of rotatable bonds is 1. The monoisotopic (exact) mass is 398 g/mol. The fourth-order valence-electron chi connectivity index (χ4n) is 4.31. The maximum Gasteiger partial charge on any atom is 0.228 e. The van der Waals surface area contributed by atoms with E-state index >= 15 is 4.39 Å². The second-order valence-corrected chi connectivity index (χ2v) is 7.31. The van der Waals surface area contributed by atoms with Crippen molar-refractivity contribution in [3.8, 4) is 33.9 Å². The SMILES string of the molecule is C[n+]1c2c3c(cccc3c3c(F)cc(-c4cncnc4)cc31)Oc1ccc(F)cc1-2. The highest BCUT2D eigenvalue weighted by Crippen LogP contribution is 2.47. The van der Waals surface area contributed by atoms with Gasteiger partial charge in [-0.25, -0.2) is 18.7 Å². The number of halogens is 2. The third-order valence-electron chi connectivity index (χ3n) is 5.61. The average molecular weight is 398 g/mol. The molecule has 2 aromatic heterocycles. The van der Waals surface area contributed by atoms with Crippen LogP contribution < -0.4 is 9.30 Å². The largest absolute Gasteiger partial charge is 0.456 e. The standard InChI is InChI=1S/C24H14F2N3O/c1-29-19-8-13(14-10-27-12-28-11-14)7-18(26)22(19)16-3-2-4-21-23(16)24(29)17-9-15(25)5-6-20(17)30-21/h2-12H,1H3/q+1. The first kappa shape index (κ1) is 17.0. The first-order chi connectivity index (χ1) is 14.6. The molecule has 0 unspecified atom stereocenters. The van der Waals surface area contributed by atoms with Crippen molar-refractivity contribution in [2.24, 2.45) is 7.05 Å². The van der Waals surface area contributed by atoms with Gasteiger partial charge in [-0.05, 0) is 35.9 Å². The summed E-state index contributed by atoms with van der Waals surface area (Å²) in [6, 6.07) is 13.4. The second-order valence-electron chi connectivity index (χ2n) is 7.31. The highest BCUT2D eigenvalue weighted by atomic mass is 19.1. The van der Waals surface area contributed by atoms with Gasteiger partial charge in [0.05, 0.1) is 16.3 Å². The van der Waals surface area contributed by atoms with Gasteiger partial charge in [0.2, 0.25) is 11.2 Å². The van der Waals surface area contributed by atoms with Gasteiger partial charge >= 0.3 is 0 Å². The van der Waals surface area contributed by atoms with Crippen molar-refractivity contribution in [3.05, 3.63) is 78.9 Å². The van der Waals surface area contributed by atoms with Gasteiger partial charge in [-0.15, -0.1) is 0 Å². The lowest BCUT2D eigenvalue weighted by atomic mass is 9.94. The zero-order valence-electron chi connectivity index (χ0n) is 15.9. The van der Waals surface area contributed by atoms with Crippen LogP contribution in [-0.4, -0.2) is 9.97 Å². The van der Waals surface area contributed by atoms with Crippen molar-refractivity contribution < 1.29 is 18.1 Å². The Bertz CT molecular complexity index is 1500. The Morgan fingerprint density at radius 1 is 0.867 bits per heavy atom. The third kappa shape index (κ3) is 2.27. The molecule has 4 nitrogen and oxygen atoms in total. The molecule has 0 aliphatic carbocycles. The number of benzene rings is 3. The van der Waals surface area contributed by atoms with Crippen LogP contribution in [0.1, 0.15) is 0 Å². The summed E-state index contributed by atoms with van der Waals surface area (Å²) in [7, 11) is 1.86. The summed E-state index contributed by atoms with van der Waals surface area (Å²) >= 11 is 0. The Labute approximate surface area is 170 Å². The van der Waals surface area contributed by atoms with Gasteiger partial charge in [-0.1, -0.05) is 12.1 Å². The average Bonchev–Trinajstić information content (AvgIpc) is 2.76. The van der Waals surface area contributed by atoms with Crippen LogP contribution in [0.15, 0.2) is 67.3 Å².